The summed E-state index contributed by atoms with van der Waals surface area (Å²) >= 11 is 0. The third kappa shape index (κ3) is 4.55. The summed E-state index contributed by atoms with van der Waals surface area (Å²) < 4.78 is 25.0. The van der Waals surface area contributed by atoms with Gasteiger partial charge in [0.1, 0.15) is 5.82 Å². The first kappa shape index (κ1) is 21.8. The van der Waals surface area contributed by atoms with Crippen molar-refractivity contribution in [3.8, 4) is 22.9 Å². The molecule has 5 rings (SSSR count). The Morgan fingerprint density at radius 2 is 1.91 bits per heavy atom. The Hall–Kier alpha value is -3.07. The maximum absolute atomic E-state index is 14.2. The van der Waals surface area contributed by atoms with Gasteiger partial charge in [0.25, 0.3) is 0 Å². The smallest absolute Gasteiger partial charge is 0.231 e. The highest BCUT2D eigenvalue weighted by atomic mass is 19.1. The molecule has 33 heavy (non-hydrogen) atoms. The van der Waals surface area contributed by atoms with Crippen molar-refractivity contribution in [3.05, 3.63) is 71.8 Å². The third-order valence-corrected chi connectivity index (χ3v) is 6.55. The van der Waals surface area contributed by atoms with E-state index in [1.807, 2.05) is 18.2 Å². The molecule has 8 heteroatoms. The Bertz CT molecular complexity index is 1130. The normalized spacial score (nSPS) is 23.7. The molecule has 2 heterocycles. The van der Waals surface area contributed by atoms with E-state index >= 15 is 0 Å². The highest BCUT2D eigenvalue weighted by molar-refractivity contribution is 5.55. The molecule has 1 aliphatic heterocycles. The lowest BCUT2D eigenvalue weighted by Gasteiger charge is -2.25. The number of ether oxygens (including phenoxy) is 2. The molecule has 0 unspecified atom stereocenters. The second kappa shape index (κ2) is 9.43. The lowest BCUT2D eigenvalue weighted by molar-refractivity contribution is 0.0716. The van der Waals surface area contributed by atoms with Crippen molar-refractivity contribution in [3.63, 3.8) is 0 Å². The van der Waals surface area contributed by atoms with Crippen LogP contribution >= 0.6 is 0 Å². The number of nitrogens with zero attached hydrogens (tertiary/aromatic N) is 2. The van der Waals surface area contributed by atoms with Crippen LogP contribution in [0, 0.1) is 17.7 Å². The molecule has 2 aliphatic rings. The van der Waals surface area contributed by atoms with E-state index in [9.17, 15) is 14.6 Å². The van der Waals surface area contributed by atoms with E-state index in [1.54, 1.807) is 30.5 Å². The van der Waals surface area contributed by atoms with Crippen LogP contribution in [0.1, 0.15) is 17.7 Å². The average Bonchev–Trinajstić information content (AvgIpc) is 3.41. The van der Waals surface area contributed by atoms with Crippen LogP contribution < -0.4 is 14.8 Å². The molecule has 0 spiro atoms. The fraction of sp³-hybridized carbons (Fsp3) is 0.360. The van der Waals surface area contributed by atoms with E-state index in [-0.39, 0.29) is 37.1 Å². The Balaban J connectivity index is 1.33. The maximum Gasteiger partial charge on any atom is 0.231 e. The molecule has 172 valence electrons. The Morgan fingerprint density at radius 1 is 1.06 bits per heavy atom. The van der Waals surface area contributed by atoms with Crippen LogP contribution in [0.25, 0.3) is 11.4 Å². The van der Waals surface area contributed by atoms with Crippen molar-refractivity contribution in [1.29, 1.82) is 0 Å². The predicted molar refractivity (Wildman–Crippen MR) is 119 cm³/mol. The van der Waals surface area contributed by atoms with E-state index < -0.39 is 6.10 Å². The lowest BCUT2D eigenvalue weighted by Crippen LogP contribution is -2.36. The average molecular weight is 451 g/mol. The first-order chi connectivity index (χ1) is 16.1. The summed E-state index contributed by atoms with van der Waals surface area (Å²) in [5, 5.41) is 24.1. The van der Waals surface area contributed by atoms with Gasteiger partial charge in [-0.15, -0.1) is 0 Å². The quantitative estimate of drug-likeness (QED) is 0.508. The van der Waals surface area contributed by atoms with Crippen molar-refractivity contribution < 1.29 is 24.1 Å². The van der Waals surface area contributed by atoms with Crippen LogP contribution in [0.2, 0.25) is 0 Å². The minimum absolute atomic E-state index is 0.0190. The second-order valence-corrected chi connectivity index (χ2v) is 8.54. The van der Waals surface area contributed by atoms with E-state index in [0.29, 0.717) is 30.8 Å². The van der Waals surface area contributed by atoms with Gasteiger partial charge in [-0.05, 0) is 54.7 Å². The molecule has 0 amide bonds. The van der Waals surface area contributed by atoms with Gasteiger partial charge in [0.2, 0.25) is 6.79 Å². The molecule has 1 saturated carbocycles. The maximum atomic E-state index is 14.2. The van der Waals surface area contributed by atoms with Gasteiger partial charge in [0.15, 0.2) is 17.3 Å². The summed E-state index contributed by atoms with van der Waals surface area (Å²) in [7, 11) is 0. The third-order valence-electron chi connectivity index (χ3n) is 6.55. The first-order valence-electron chi connectivity index (χ1n) is 11.1. The molecule has 7 nitrogen and oxygen atoms in total. The largest absolute Gasteiger partial charge is 0.454 e. The van der Waals surface area contributed by atoms with Gasteiger partial charge in [0.05, 0.1) is 11.7 Å². The minimum atomic E-state index is -0.609. The summed E-state index contributed by atoms with van der Waals surface area (Å²) in [5.41, 5.74) is 2.14. The molecule has 1 fully saturated rings. The molecule has 3 aromatic rings. The van der Waals surface area contributed by atoms with Gasteiger partial charge in [-0.2, -0.15) is 0 Å². The van der Waals surface area contributed by atoms with Gasteiger partial charge in [0, 0.05) is 37.0 Å². The number of nitrogens with one attached hydrogen (secondary N) is 1. The monoisotopic (exact) mass is 451 g/mol. The molecule has 1 aromatic heterocycles. The zero-order valence-corrected chi connectivity index (χ0v) is 18.0. The number of fused-ring (bicyclic) bond motifs is 1. The number of aromatic nitrogens is 2. The van der Waals surface area contributed by atoms with Gasteiger partial charge < -0.3 is 25.0 Å². The first-order valence-corrected chi connectivity index (χ1v) is 11.1. The molecule has 4 atom stereocenters. The number of rotatable bonds is 7. The molecule has 2 aromatic carbocycles. The van der Waals surface area contributed by atoms with E-state index in [1.165, 1.54) is 6.07 Å². The Morgan fingerprint density at radius 3 is 2.76 bits per heavy atom. The summed E-state index contributed by atoms with van der Waals surface area (Å²) in [4.78, 5) is 8.82. The molecular formula is C25H26FN3O4. The summed E-state index contributed by atoms with van der Waals surface area (Å²) in [5.74, 6) is 1.11. The number of benzene rings is 2. The standard InChI is InChI=1S/C25H26FN3O4/c26-20-4-2-1-3-17(20)25-27-8-7-16(29-25)10-18-19(13-30)22(31)11-21(18)28-12-15-5-6-23-24(9-15)33-14-32-23/h1-9,18-19,21-22,28,30-31H,10-14H2/t18-,19-,21-,22-/m1/s1. The van der Waals surface area contributed by atoms with Crippen molar-refractivity contribution >= 4 is 0 Å². The highest BCUT2D eigenvalue weighted by Crippen LogP contribution is 2.36. The zero-order chi connectivity index (χ0) is 22.8. The number of hydrogen-bond donors (Lipinski definition) is 3. The number of hydrogen-bond acceptors (Lipinski definition) is 7. The molecule has 1 aliphatic carbocycles. The topological polar surface area (TPSA) is 96.7 Å². The van der Waals surface area contributed by atoms with Gasteiger partial charge in [-0.25, -0.2) is 14.4 Å². The number of aliphatic hydroxyl groups excluding tert-OH is 2. The lowest BCUT2D eigenvalue weighted by atomic mass is 9.88. The van der Waals surface area contributed by atoms with Crippen LogP contribution in [-0.2, 0) is 13.0 Å². The number of aliphatic hydroxyl groups is 2. The van der Waals surface area contributed by atoms with Gasteiger partial charge >= 0.3 is 0 Å². The van der Waals surface area contributed by atoms with Crippen molar-refractivity contribution in [2.24, 2.45) is 11.8 Å². The Kier molecular flexibility index (Phi) is 6.22. The highest BCUT2D eigenvalue weighted by Gasteiger charge is 2.42. The van der Waals surface area contributed by atoms with Crippen LogP contribution in [-0.4, -0.2) is 45.7 Å². The van der Waals surface area contributed by atoms with Gasteiger partial charge in [-0.1, -0.05) is 18.2 Å². The van der Waals surface area contributed by atoms with Gasteiger partial charge in [-0.3, -0.25) is 0 Å². The fourth-order valence-corrected chi connectivity index (χ4v) is 4.80. The Labute approximate surface area is 191 Å². The van der Waals surface area contributed by atoms with Crippen molar-refractivity contribution in [2.45, 2.75) is 31.5 Å². The summed E-state index contributed by atoms with van der Waals surface area (Å²) in [6.45, 7) is 0.710. The SMILES string of the molecule is OC[C@@H]1[C@@H](Cc2ccnc(-c3ccccc3F)n2)[C@H](NCc2ccc3c(c2)OCO3)C[C@H]1O. The summed E-state index contributed by atoms with van der Waals surface area (Å²) in [6, 6.07) is 14.0. The number of halogens is 1. The fourth-order valence-electron chi connectivity index (χ4n) is 4.80. The van der Waals surface area contributed by atoms with Crippen LogP contribution in [0.3, 0.4) is 0 Å². The van der Waals surface area contributed by atoms with Crippen molar-refractivity contribution in [1.82, 2.24) is 15.3 Å². The molecule has 0 bridgehead atoms. The minimum Gasteiger partial charge on any atom is -0.454 e. The second-order valence-electron chi connectivity index (χ2n) is 8.54. The van der Waals surface area contributed by atoms with Crippen molar-refractivity contribution in [2.75, 3.05) is 13.4 Å². The van der Waals surface area contributed by atoms with Crippen LogP contribution in [0.4, 0.5) is 4.39 Å². The molecular weight excluding hydrogens is 425 g/mol. The summed E-state index contributed by atoms with van der Waals surface area (Å²) in [6.07, 6.45) is 2.08. The van der Waals surface area contributed by atoms with Crippen LogP contribution in [0.5, 0.6) is 11.5 Å². The van der Waals surface area contributed by atoms with E-state index in [0.717, 1.165) is 22.8 Å². The zero-order valence-electron chi connectivity index (χ0n) is 18.0. The predicted octanol–water partition coefficient (Wildman–Crippen LogP) is 2.70. The van der Waals surface area contributed by atoms with E-state index in [2.05, 4.69) is 15.3 Å². The molecule has 3 N–H and O–H groups in total. The van der Waals surface area contributed by atoms with Crippen LogP contribution in [0.15, 0.2) is 54.7 Å². The van der Waals surface area contributed by atoms with E-state index in [4.69, 9.17) is 9.47 Å². The molecule has 0 radical (unpaired) electrons. The molecule has 0 saturated heterocycles.